The lowest BCUT2D eigenvalue weighted by Gasteiger charge is -2.40. The molecule has 1 saturated carbocycles. The summed E-state index contributed by atoms with van der Waals surface area (Å²) in [4.78, 5) is 0. The molecule has 1 aromatic rings. The van der Waals surface area contributed by atoms with Gasteiger partial charge in [-0.15, -0.1) is 0 Å². The normalized spacial score (nSPS) is 22.4. The molecule has 9 heteroatoms. The molecular weight excluding hydrogens is 399 g/mol. The van der Waals surface area contributed by atoms with Gasteiger partial charge >= 0.3 is 23.9 Å². The van der Waals surface area contributed by atoms with Crippen molar-refractivity contribution in [2.45, 2.75) is 75.3 Å². The van der Waals surface area contributed by atoms with Gasteiger partial charge < -0.3 is 0 Å². The lowest BCUT2D eigenvalue weighted by molar-refractivity contribution is -0.404. The van der Waals surface area contributed by atoms with Crippen molar-refractivity contribution in [3.05, 3.63) is 35.4 Å². The molecule has 0 unspecified atom stereocenters. The average molecular weight is 420 g/mol. The second kappa shape index (κ2) is 7.78. The van der Waals surface area contributed by atoms with Crippen LogP contribution in [-0.4, -0.2) is 23.9 Å². The summed E-state index contributed by atoms with van der Waals surface area (Å²) in [6.07, 6.45) is -6.05. The third-order valence-corrected chi connectivity index (χ3v) is 5.40. The Morgan fingerprint density at radius 3 is 1.68 bits per heavy atom. The van der Waals surface area contributed by atoms with E-state index in [0.717, 1.165) is 24.0 Å². The SMILES string of the molecule is CCCc1ccc([C@H]2CC[C@H](C(F)(F)C(F)(F)C(F)(F)C(F)(F)F)CC2)cc1. The zero-order chi connectivity index (χ0) is 21.4. The Bertz CT molecular complexity index is 638. The molecule has 1 fully saturated rings. The van der Waals surface area contributed by atoms with E-state index in [1.165, 1.54) is 0 Å². The van der Waals surface area contributed by atoms with Gasteiger partial charge in [-0.25, -0.2) is 0 Å². The molecule has 160 valence electrons. The molecule has 0 amide bonds. The van der Waals surface area contributed by atoms with Crippen LogP contribution in [0.4, 0.5) is 39.5 Å². The smallest absolute Gasteiger partial charge is 0.199 e. The molecule has 0 aromatic heterocycles. The number of hydrogen-bond acceptors (Lipinski definition) is 0. The first-order valence-electron chi connectivity index (χ1n) is 9.04. The summed E-state index contributed by atoms with van der Waals surface area (Å²) in [5.41, 5.74) is 1.90. The maximum Gasteiger partial charge on any atom is 0.460 e. The van der Waals surface area contributed by atoms with Crippen LogP contribution in [0.1, 0.15) is 56.1 Å². The second-order valence-electron chi connectivity index (χ2n) is 7.31. The maximum absolute atomic E-state index is 14.1. The standard InChI is InChI=1S/C19H21F9/c1-2-3-12-4-6-13(7-5-12)14-8-10-15(11-9-14)16(20,21)17(22,23)18(24,25)19(26,27)28/h4-7,14-15H,2-3,8-11H2,1H3/t14-,15-. The highest BCUT2D eigenvalue weighted by Gasteiger charge is 2.82. The molecule has 28 heavy (non-hydrogen) atoms. The van der Waals surface area contributed by atoms with Crippen LogP contribution < -0.4 is 0 Å². The number of halogens is 9. The minimum atomic E-state index is -6.81. The van der Waals surface area contributed by atoms with Crippen molar-refractivity contribution in [1.82, 2.24) is 0 Å². The number of benzene rings is 1. The molecule has 0 bridgehead atoms. The summed E-state index contributed by atoms with van der Waals surface area (Å²) in [6.45, 7) is 2.01. The summed E-state index contributed by atoms with van der Waals surface area (Å²) in [5.74, 6) is -21.3. The van der Waals surface area contributed by atoms with Crippen molar-refractivity contribution in [3.8, 4) is 0 Å². The van der Waals surface area contributed by atoms with Gasteiger partial charge in [0.2, 0.25) is 0 Å². The van der Waals surface area contributed by atoms with E-state index in [1.807, 2.05) is 19.1 Å². The Hall–Kier alpha value is -1.41. The molecule has 0 aliphatic heterocycles. The van der Waals surface area contributed by atoms with Crippen molar-refractivity contribution < 1.29 is 39.5 Å². The fourth-order valence-corrected chi connectivity index (χ4v) is 3.68. The van der Waals surface area contributed by atoms with Gasteiger partial charge in [0.1, 0.15) is 0 Å². The van der Waals surface area contributed by atoms with Gasteiger partial charge in [-0.05, 0) is 49.1 Å². The van der Waals surface area contributed by atoms with Crippen LogP contribution in [0.5, 0.6) is 0 Å². The number of aryl methyl sites for hydroxylation is 1. The predicted molar refractivity (Wildman–Crippen MR) is 86.0 cm³/mol. The lowest BCUT2D eigenvalue weighted by Crippen LogP contribution is -2.63. The largest absolute Gasteiger partial charge is 0.460 e. The summed E-state index contributed by atoms with van der Waals surface area (Å²) < 4.78 is 118. The Labute approximate surface area is 157 Å². The summed E-state index contributed by atoms with van der Waals surface area (Å²) >= 11 is 0. The van der Waals surface area contributed by atoms with Gasteiger partial charge in [0.15, 0.2) is 0 Å². The van der Waals surface area contributed by atoms with Crippen molar-refractivity contribution >= 4 is 0 Å². The van der Waals surface area contributed by atoms with E-state index in [-0.39, 0.29) is 18.8 Å². The topological polar surface area (TPSA) is 0 Å². The van der Waals surface area contributed by atoms with E-state index in [1.54, 1.807) is 12.1 Å². The monoisotopic (exact) mass is 420 g/mol. The highest BCUT2D eigenvalue weighted by atomic mass is 19.4. The molecule has 1 aliphatic carbocycles. The van der Waals surface area contributed by atoms with Crippen molar-refractivity contribution in [2.75, 3.05) is 0 Å². The van der Waals surface area contributed by atoms with E-state index < -0.39 is 42.7 Å². The van der Waals surface area contributed by atoms with Crippen molar-refractivity contribution in [1.29, 1.82) is 0 Å². The second-order valence-corrected chi connectivity index (χ2v) is 7.31. The Morgan fingerprint density at radius 1 is 0.750 bits per heavy atom. The Balaban J connectivity index is 2.10. The lowest BCUT2D eigenvalue weighted by atomic mass is 9.74. The average Bonchev–Trinajstić information content (AvgIpc) is 2.61. The molecule has 0 N–H and O–H groups in total. The van der Waals surface area contributed by atoms with Crippen LogP contribution in [0.2, 0.25) is 0 Å². The molecular formula is C19H21F9. The molecule has 1 aliphatic rings. The molecule has 0 saturated heterocycles. The van der Waals surface area contributed by atoms with Crippen LogP contribution >= 0.6 is 0 Å². The first-order chi connectivity index (χ1) is 12.8. The predicted octanol–water partition coefficient (Wildman–Crippen LogP) is 7.38. The van der Waals surface area contributed by atoms with E-state index in [2.05, 4.69) is 0 Å². The zero-order valence-corrected chi connectivity index (χ0v) is 15.1. The van der Waals surface area contributed by atoms with Gasteiger partial charge in [-0.3, -0.25) is 0 Å². The van der Waals surface area contributed by atoms with Gasteiger partial charge in [0.05, 0.1) is 0 Å². The summed E-state index contributed by atoms with van der Waals surface area (Å²) in [6, 6.07) is 7.36. The first-order valence-corrected chi connectivity index (χ1v) is 9.04. The van der Waals surface area contributed by atoms with Crippen LogP contribution in [0.25, 0.3) is 0 Å². The van der Waals surface area contributed by atoms with Gasteiger partial charge in [0, 0.05) is 5.92 Å². The highest BCUT2D eigenvalue weighted by molar-refractivity contribution is 5.26. The van der Waals surface area contributed by atoms with E-state index in [0.29, 0.717) is 0 Å². The summed E-state index contributed by atoms with van der Waals surface area (Å²) in [7, 11) is 0. The molecule has 0 heterocycles. The van der Waals surface area contributed by atoms with Crippen molar-refractivity contribution in [2.24, 2.45) is 5.92 Å². The van der Waals surface area contributed by atoms with Crippen molar-refractivity contribution in [3.63, 3.8) is 0 Å². The molecule has 0 radical (unpaired) electrons. The zero-order valence-electron chi connectivity index (χ0n) is 15.1. The quantitative estimate of drug-likeness (QED) is 0.421. The van der Waals surface area contributed by atoms with Crippen LogP contribution in [0.3, 0.4) is 0 Å². The number of rotatable bonds is 6. The van der Waals surface area contributed by atoms with Crippen LogP contribution in [-0.2, 0) is 6.42 Å². The molecule has 1 aromatic carbocycles. The summed E-state index contributed by atoms with van der Waals surface area (Å²) in [5, 5.41) is 0. The Morgan fingerprint density at radius 2 is 1.25 bits per heavy atom. The molecule has 2 rings (SSSR count). The minimum absolute atomic E-state index is 0.0149. The van der Waals surface area contributed by atoms with E-state index >= 15 is 0 Å². The fourth-order valence-electron chi connectivity index (χ4n) is 3.68. The number of hydrogen-bond donors (Lipinski definition) is 0. The van der Waals surface area contributed by atoms with Gasteiger partial charge in [-0.1, -0.05) is 37.6 Å². The Kier molecular flexibility index (Phi) is 6.36. The van der Waals surface area contributed by atoms with E-state index in [9.17, 15) is 39.5 Å². The number of alkyl halides is 9. The van der Waals surface area contributed by atoms with Gasteiger partial charge in [-0.2, -0.15) is 39.5 Å². The molecule has 0 spiro atoms. The first kappa shape index (κ1) is 22.9. The maximum atomic E-state index is 14.1. The molecule has 0 atom stereocenters. The highest BCUT2D eigenvalue weighted by Crippen LogP contribution is 2.57. The minimum Gasteiger partial charge on any atom is -0.199 e. The fraction of sp³-hybridized carbons (Fsp3) is 0.684. The molecule has 0 nitrogen and oxygen atoms in total. The van der Waals surface area contributed by atoms with Crippen LogP contribution in [0, 0.1) is 5.92 Å². The third kappa shape index (κ3) is 3.99. The van der Waals surface area contributed by atoms with Gasteiger partial charge in [0.25, 0.3) is 0 Å². The third-order valence-electron chi connectivity index (χ3n) is 5.40. The van der Waals surface area contributed by atoms with Crippen LogP contribution in [0.15, 0.2) is 24.3 Å². The van der Waals surface area contributed by atoms with E-state index in [4.69, 9.17) is 0 Å².